The summed E-state index contributed by atoms with van der Waals surface area (Å²) in [5.74, 6) is -0.166. The third-order valence-electron chi connectivity index (χ3n) is 2.45. The van der Waals surface area contributed by atoms with Crippen molar-refractivity contribution in [2.45, 2.75) is 12.8 Å². The van der Waals surface area contributed by atoms with E-state index in [0.717, 1.165) is 6.42 Å². The van der Waals surface area contributed by atoms with Gasteiger partial charge in [0.15, 0.2) is 0 Å². The van der Waals surface area contributed by atoms with Crippen LogP contribution >= 0.6 is 12.2 Å². The minimum Gasteiger partial charge on any atom is -0.393 e. The Hall–Kier alpha value is -2.02. The minimum absolute atomic E-state index is 0.166. The van der Waals surface area contributed by atoms with Crippen molar-refractivity contribution in [2.24, 2.45) is 5.73 Å². The molecule has 0 spiro atoms. The van der Waals surface area contributed by atoms with E-state index in [9.17, 15) is 4.79 Å². The van der Waals surface area contributed by atoms with Crippen molar-refractivity contribution in [3.05, 3.63) is 30.4 Å². The SMILES string of the molecule is NC(=S)CCCNC(=O)c1cnn2ccncc12. The third kappa shape index (κ3) is 2.80. The van der Waals surface area contributed by atoms with Gasteiger partial charge in [-0.1, -0.05) is 12.2 Å². The zero-order valence-corrected chi connectivity index (χ0v) is 10.5. The quantitative estimate of drug-likeness (QED) is 0.607. The van der Waals surface area contributed by atoms with Crippen LogP contribution in [-0.4, -0.2) is 32.0 Å². The van der Waals surface area contributed by atoms with Gasteiger partial charge in [0, 0.05) is 18.9 Å². The van der Waals surface area contributed by atoms with Crippen LogP contribution in [0.5, 0.6) is 0 Å². The lowest BCUT2D eigenvalue weighted by Crippen LogP contribution is -2.25. The largest absolute Gasteiger partial charge is 0.393 e. The molecule has 1 amide bonds. The van der Waals surface area contributed by atoms with Gasteiger partial charge in [-0.3, -0.25) is 9.78 Å². The molecule has 2 aromatic rings. The Morgan fingerprint density at radius 3 is 3.11 bits per heavy atom. The van der Waals surface area contributed by atoms with Gasteiger partial charge in [-0.2, -0.15) is 5.10 Å². The average molecular weight is 263 g/mol. The Kier molecular flexibility index (Phi) is 3.83. The van der Waals surface area contributed by atoms with E-state index in [0.29, 0.717) is 29.0 Å². The van der Waals surface area contributed by atoms with Crippen LogP contribution in [0.4, 0.5) is 0 Å². The molecule has 18 heavy (non-hydrogen) atoms. The highest BCUT2D eigenvalue weighted by molar-refractivity contribution is 7.80. The van der Waals surface area contributed by atoms with Crippen LogP contribution in [0.25, 0.3) is 5.52 Å². The first-order valence-electron chi connectivity index (χ1n) is 5.52. The smallest absolute Gasteiger partial charge is 0.255 e. The highest BCUT2D eigenvalue weighted by Crippen LogP contribution is 2.08. The van der Waals surface area contributed by atoms with E-state index in [1.165, 1.54) is 6.20 Å². The first kappa shape index (κ1) is 12.4. The highest BCUT2D eigenvalue weighted by atomic mass is 32.1. The van der Waals surface area contributed by atoms with Gasteiger partial charge >= 0.3 is 0 Å². The number of nitrogens with one attached hydrogen (secondary N) is 1. The van der Waals surface area contributed by atoms with Gasteiger partial charge in [0.05, 0.1) is 28.5 Å². The number of thiocarbonyl (C=S) groups is 1. The van der Waals surface area contributed by atoms with Gasteiger partial charge in [-0.25, -0.2) is 4.52 Å². The molecule has 0 aliphatic carbocycles. The lowest BCUT2D eigenvalue weighted by molar-refractivity contribution is 0.0955. The average Bonchev–Trinajstić information content (AvgIpc) is 2.78. The number of nitrogens with zero attached hydrogens (tertiary/aromatic N) is 3. The van der Waals surface area contributed by atoms with Gasteiger partial charge in [0.2, 0.25) is 0 Å². The molecule has 7 heteroatoms. The number of amides is 1. The van der Waals surface area contributed by atoms with Gasteiger partial charge < -0.3 is 11.1 Å². The van der Waals surface area contributed by atoms with E-state index in [1.807, 2.05) is 0 Å². The normalized spacial score (nSPS) is 10.4. The molecule has 0 aliphatic rings. The Labute approximate surface area is 109 Å². The molecule has 0 saturated heterocycles. The maximum Gasteiger partial charge on any atom is 0.255 e. The molecular formula is C11H13N5OS. The van der Waals surface area contributed by atoms with Crippen molar-refractivity contribution < 1.29 is 4.79 Å². The predicted octanol–water partition coefficient (Wildman–Crippen LogP) is 0.525. The number of fused-ring (bicyclic) bond motifs is 1. The molecule has 2 aromatic heterocycles. The summed E-state index contributed by atoms with van der Waals surface area (Å²) >= 11 is 4.76. The fourth-order valence-corrected chi connectivity index (χ4v) is 1.71. The van der Waals surface area contributed by atoms with Crippen LogP contribution in [-0.2, 0) is 0 Å². The van der Waals surface area contributed by atoms with E-state index in [-0.39, 0.29) is 5.91 Å². The predicted molar refractivity (Wildman–Crippen MR) is 71.3 cm³/mol. The monoisotopic (exact) mass is 263 g/mol. The fraction of sp³-hybridized carbons (Fsp3) is 0.273. The lowest BCUT2D eigenvalue weighted by Gasteiger charge is -2.03. The number of nitrogens with two attached hydrogens (primary N) is 1. The molecule has 6 nitrogen and oxygen atoms in total. The van der Waals surface area contributed by atoms with Crippen molar-refractivity contribution in [1.82, 2.24) is 19.9 Å². The maximum absolute atomic E-state index is 11.9. The first-order valence-corrected chi connectivity index (χ1v) is 5.93. The molecule has 0 unspecified atom stereocenters. The molecule has 0 fully saturated rings. The molecule has 0 aliphatic heterocycles. The van der Waals surface area contributed by atoms with Gasteiger partial charge in [-0.15, -0.1) is 0 Å². The van der Waals surface area contributed by atoms with Crippen LogP contribution in [0.15, 0.2) is 24.8 Å². The summed E-state index contributed by atoms with van der Waals surface area (Å²) in [6, 6.07) is 0. The number of carbonyl (C=O) groups excluding carboxylic acids is 1. The maximum atomic E-state index is 11.9. The zero-order valence-electron chi connectivity index (χ0n) is 9.67. The van der Waals surface area contributed by atoms with Crippen LogP contribution < -0.4 is 11.1 Å². The summed E-state index contributed by atoms with van der Waals surface area (Å²) in [5, 5.41) is 6.87. The summed E-state index contributed by atoms with van der Waals surface area (Å²) in [4.78, 5) is 16.3. The number of aromatic nitrogens is 3. The standard InChI is InChI=1S/C11H13N5OS/c12-10(18)2-1-3-14-11(17)8-6-15-16-5-4-13-7-9(8)16/h4-7H,1-3H2,(H2,12,18)(H,14,17). The molecule has 2 rings (SSSR count). The Morgan fingerprint density at radius 1 is 1.50 bits per heavy atom. The molecule has 94 valence electrons. The van der Waals surface area contributed by atoms with Gasteiger partial charge in [-0.05, 0) is 12.8 Å². The Morgan fingerprint density at radius 2 is 2.33 bits per heavy atom. The summed E-state index contributed by atoms with van der Waals surface area (Å²) in [7, 11) is 0. The molecular weight excluding hydrogens is 250 g/mol. The highest BCUT2D eigenvalue weighted by Gasteiger charge is 2.11. The molecule has 0 bridgehead atoms. The Bertz CT molecular complexity index is 580. The summed E-state index contributed by atoms with van der Waals surface area (Å²) < 4.78 is 1.61. The van der Waals surface area contributed by atoms with Crippen LogP contribution in [0, 0.1) is 0 Å². The van der Waals surface area contributed by atoms with Crippen LogP contribution in [0.2, 0.25) is 0 Å². The van der Waals surface area contributed by atoms with Crippen LogP contribution in [0.1, 0.15) is 23.2 Å². The molecule has 3 N–H and O–H groups in total. The second-order valence-electron chi connectivity index (χ2n) is 3.79. The zero-order chi connectivity index (χ0) is 13.0. The van der Waals surface area contributed by atoms with E-state index in [1.54, 1.807) is 23.1 Å². The first-order chi connectivity index (χ1) is 8.68. The second-order valence-corrected chi connectivity index (χ2v) is 4.31. The fourth-order valence-electron chi connectivity index (χ4n) is 1.57. The van der Waals surface area contributed by atoms with Crippen molar-refractivity contribution in [3.63, 3.8) is 0 Å². The Balaban J connectivity index is 1.99. The van der Waals surface area contributed by atoms with Crippen molar-refractivity contribution >= 4 is 28.6 Å². The molecule has 0 atom stereocenters. The van der Waals surface area contributed by atoms with Crippen molar-refractivity contribution in [3.8, 4) is 0 Å². The lowest BCUT2D eigenvalue weighted by atomic mass is 10.2. The molecule has 0 radical (unpaired) electrons. The van der Waals surface area contributed by atoms with E-state index in [4.69, 9.17) is 18.0 Å². The molecule has 0 aromatic carbocycles. The van der Waals surface area contributed by atoms with Crippen molar-refractivity contribution in [2.75, 3.05) is 6.54 Å². The topological polar surface area (TPSA) is 85.3 Å². The van der Waals surface area contributed by atoms with Gasteiger partial charge in [0.25, 0.3) is 5.91 Å². The van der Waals surface area contributed by atoms with Crippen molar-refractivity contribution in [1.29, 1.82) is 0 Å². The number of carbonyl (C=O) groups is 1. The van der Waals surface area contributed by atoms with Gasteiger partial charge in [0.1, 0.15) is 0 Å². The third-order valence-corrected chi connectivity index (χ3v) is 2.66. The van der Waals surface area contributed by atoms with E-state index < -0.39 is 0 Å². The number of hydrogen-bond acceptors (Lipinski definition) is 4. The summed E-state index contributed by atoms with van der Waals surface area (Å²) in [6.45, 7) is 0.535. The molecule has 0 saturated carbocycles. The minimum atomic E-state index is -0.166. The second kappa shape index (κ2) is 5.54. The van der Waals surface area contributed by atoms with E-state index >= 15 is 0 Å². The van der Waals surface area contributed by atoms with Crippen LogP contribution in [0.3, 0.4) is 0 Å². The van der Waals surface area contributed by atoms with E-state index in [2.05, 4.69) is 15.4 Å². The summed E-state index contributed by atoms with van der Waals surface area (Å²) in [6.07, 6.45) is 7.81. The number of hydrogen-bond donors (Lipinski definition) is 2. The summed E-state index contributed by atoms with van der Waals surface area (Å²) in [5.41, 5.74) is 6.57. The molecule has 2 heterocycles. The number of rotatable bonds is 5.